The summed E-state index contributed by atoms with van der Waals surface area (Å²) in [7, 11) is 3.69. The van der Waals surface area contributed by atoms with Gasteiger partial charge in [0.25, 0.3) is 0 Å². The number of hydrogen-bond donors (Lipinski definition) is 1. The van der Waals surface area contributed by atoms with Gasteiger partial charge >= 0.3 is 0 Å². The van der Waals surface area contributed by atoms with E-state index in [0.717, 1.165) is 16.6 Å². The highest BCUT2D eigenvalue weighted by atomic mass is 79.9. The van der Waals surface area contributed by atoms with Crippen LogP contribution in [0.4, 0.5) is 0 Å². The molecule has 0 aliphatic heterocycles. The highest BCUT2D eigenvalue weighted by Crippen LogP contribution is 2.29. The molecular formula is C18H22BrNO. The summed E-state index contributed by atoms with van der Waals surface area (Å²) in [6.45, 7) is 4.31. The molecule has 2 nitrogen and oxygen atoms in total. The second-order valence-corrected chi connectivity index (χ2v) is 6.21. The van der Waals surface area contributed by atoms with Crippen molar-refractivity contribution in [1.82, 2.24) is 5.32 Å². The highest BCUT2D eigenvalue weighted by Gasteiger charge is 2.12. The molecule has 2 aromatic carbocycles. The SMILES string of the molecule is CNC(Cc1ccc(C)c(C)c1)c1ccc(OC)c(Br)c1. The lowest BCUT2D eigenvalue weighted by Gasteiger charge is -2.18. The van der Waals surface area contributed by atoms with Crippen LogP contribution in [0.5, 0.6) is 5.75 Å². The maximum absolute atomic E-state index is 5.29. The predicted octanol–water partition coefficient (Wildman–Crippen LogP) is 4.58. The van der Waals surface area contributed by atoms with Gasteiger partial charge in [-0.25, -0.2) is 0 Å². The molecule has 0 aliphatic rings. The van der Waals surface area contributed by atoms with Gasteiger partial charge in [-0.05, 0) is 77.6 Å². The first-order chi connectivity index (χ1) is 10.0. The van der Waals surface area contributed by atoms with E-state index in [1.54, 1.807) is 7.11 Å². The predicted molar refractivity (Wildman–Crippen MR) is 92.1 cm³/mol. The van der Waals surface area contributed by atoms with Crippen molar-refractivity contribution >= 4 is 15.9 Å². The Morgan fingerprint density at radius 1 is 1.10 bits per heavy atom. The van der Waals surface area contributed by atoms with Crippen molar-refractivity contribution in [3.05, 3.63) is 63.1 Å². The molecule has 1 N–H and O–H groups in total. The molecule has 0 fully saturated rings. The summed E-state index contributed by atoms with van der Waals surface area (Å²) in [5.74, 6) is 0.861. The normalized spacial score (nSPS) is 12.2. The molecule has 0 amide bonds. The van der Waals surface area contributed by atoms with Crippen molar-refractivity contribution in [2.45, 2.75) is 26.3 Å². The van der Waals surface area contributed by atoms with E-state index in [-0.39, 0.29) is 6.04 Å². The lowest BCUT2D eigenvalue weighted by molar-refractivity contribution is 0.411. The van der Waals surface area contributed by atoms with Gasteiger partial charge in [0.15, 0.2) is 0 Å². The van der Waals surface area contributed by atoms with Crippen LogP contribution in [0.2, 0.25) is 0 Å². The third-order valence-corrected chi connectivity index (χ3v) is 4.56. The zero-order chi connectivity index (χ0) is 15.4. The molecule has 0 aromatic heterocycles. The Balaban J connectivity index is 2.23. The second kappa shape index (κ2) is 7.10. The topological polar surface area (TPSA) is 21.3 Å². The summed E-state index contributed by atoms with van der Waals surface area (Å²) in [4.78, 5) is 0. The van der Waals surface area contributed by atoms with Crippen molar-refractivity contribution in [2.75, 3.05) is 14.2 Å². The van der Waals surface area contributed by atoms with Crippen LogP contribution < -0.4 is 10.1 Å². The molecule has 0 aliphatic carbocycles. The maximum Gasteiger partial charge on any atom is 0.133 e. The molecule has 2 rings (SSSR count). The molecular weight excluding hydrogens is 326 g/mol. The fourth-order valence-electron chi connectivity index (χ4n) is 2.45. The zero-order valence-corrected chi connectivity index (χ0v) is 14.6. The van der Waals surface area contributed by atoms with Crippen LogP contribution in [-0.2, 0) is 6.42 Å². The number of nitrogens with one attached hydrogen (secondary N) is 1. The molecule has 0 radical (unpaired) electrons. The third-order valence-electron chi connectivity index (χ3n) is 3.94. The fraction of sp³-hybridized carbons (Fsp3) is 0.333. The number of rotatable bonds is 5. The Hall–Kier alpha value is -1.32. The van der Waals surface area contributed by atoms with Crippen molar-refractivity contribution in [2.24, 2.45) is 0 Å². The smallest absolute Gasteiger partial charge is 0.133 e. The monoisotopic (exact) mass is 347 g/mol. The van der Waals surface area contributed by atoms with Crippen LogP contribution in [0.25, 0.3) is 0 Å². The number of halogens is 1. The van der Waals surface area contributed by atoms with Gasteiger partial charge in [0, 0.05) is 6.04 Å². The standard InChI is InChI=1S/C18H22BrNO/c1-12-5-6-14(9-13(12)2)10-17(20-3)15-7-8-18(21-4)16(19)11-15/h5-9,11,17,20H,10H2,1-4H3. The van der Waals surface area contributed by atoms with Gasteiger partial charge in [0.05, 0.1) is 11.6 Å². The number of methoxy groups -OCH3 is 1. The molecule has 112 valence electrons. The van der Waals surface area contributed by atoms with Crippen LogP contribution in [0.3, 0.4) is 0 Å². The molecule has 0 saturated carbocycles. The van der Waals surface area contributed by atoms with Gasteiger partial charge in [-0.1, -0.05) is 24.3 Å². The minimum Gasteiger partial charge on any atom is -0.496 e. The first-order valence-electron chi connectivity index (χ1n) is 7.12. The number of ether oxygens (including phenoxy) is 1. The van der Waals surface area contributed by atoms with Crippen molar-refractivity contribution < 1.29 is 4.74 Å². The molecule has 2 aromatic rings. The van der Waals surface area contributed by atoms with E-state index in [2.05, 4.69) is 65.4 Å². The lowest BCUT2D eigenvalue weighted by atomic mass is 9.96. The minimum atomic E-state index is 0.286. The van der Waals surface area contributed by atoms with Crippen LogP contribution in [0, 0.1) is 13.8 Å². The van der Waals surface area contributed by atoms with Crippen LogP contribution in [0.1, 0.15) is 28.3 Å². The van der Waals surface area contributed by atoms with Crippen LogP contribution in [-0.4, -0.2) is 14.2 Å². The second-order valence-electron chi connectivity index (χ2n) is 5.36. The Morgan fingerprint density at radius 3 is 2.43 bits per heavy atom. The first-order valence-corrected chi connectivity index (χ1v) is 7.91. The van der Waals surface area contributed by atoms with Gasteiger partial charge in [-0.15, -0.1) is 0 Å². The summed E-state index contributed by atoms with van der Waals surface area (Å²) >= 11 is 3.56. The molecule has 3 heteroatoms. The maximum atomic E-state index is 5.29. The molecule has 0 saturated heterocycles. The Morgan fingerprint density at radius 2 is 1.86 bits per heavy atom. The first kappa shape index (κ1) is 16.1. The van der Waals surface area contributed by atoms with E-state index in [9.17, 15) is 0 Å². The molecule has 0 heterocycles. The quantitative estimate of drug-likeness (QED) is 0.854. The molecule has 1 atom stereocenters. The van der Waals surface area contributed by atoms with Gasteiger partial charge in [-0.3, -0.25) is 0 Å². The summed E-state index contributed by atoms with van der Waals surface area (Å²) in [6, 6.07) is 13.2. The van der Waals surface area contributed by atoms with Gasteiger partial charge < -0.3 is 10.1 Å². The third kappa shape index (κ3) is 3.86. The average molecular weight is 348 g/mol. The molecule has 0 spiro atoms. The van der Waals surface area contributed by atoms with E-state index in [4.69, 9.17) is 4.74 Å². The van der Waals surface area contributed by atoms with Gasteiger partial charge in [0.1, 0.15) is 5.75 Å². The van der Waals surface area contributed by atoms with Crippen molar-refractivity contribution in [3.63, 3.8) is 0 Å². The van der Waals surface area contributed by atoms with Crippen molar-refractivity contribution in [1.29, 1.82) is 0 Å². The van der Waals surface area contributed by atoms with E-state index < -0.39 is 0 Å². The Labute approximate surface area is 135 Å². The average Bonchev–Trinajstić information content (AvgIpc) is 2.48. The molecule has 0 bridgehead atoms. The Bertz CT molecular complexity index is 625. The Kier molecular flexibility index (Phi) is 5.43. The van der Waals surface area contributed by atoms with E-state index in [1.807, 2.05) is 13.1 Å². The number of likely N-dealkylation sites (N-methyl/N-ethyl adjacent to an activating group) is 1. The van der Waals surface area contributed by atoms with Crippen LogP contribution in [0.15, 0.2) is 40.9 Å². The van der Waals surface area contributed by atoms with Crippen molar-refractivity contribution in [3.8, 4) is 5.75 Å². The summed E-state index contributed by atoms with van der Waals surface area (Å²) < 4.78 is 6.28. The van der Waals surface area contributed by atoms with Crippen LogP contribution >= 0.6 is 15.9 Å². The molecule has 21 heavy (non-hydrogen) atoms. The summed E-state index contributed by atoms with van der Waals surface area (Å²) in [5.41, 5.74) is 5.29. The lowest BCUT2D eigenvalue weighted by Crippen LogP contribution is -2.19. The largest absolute Gasteiger partial charge is 0.496 e. The molecule has 1 unspecified atom stereocenters. The number of hydrogen-bond acceptors (Lipinski definition) is 2. The number of aryl methyl sites for hydroxylation is 2. The summed E-state index contributed by atoms with van der Waals surface area (Å²) in [5, 5.41) is 3.40. The zero-order valence-electron chi connectivity index (χ0n) is 13.0. The minimum absolute atomic E-state index is 0.286. The van der Waals surface area contributed by atoms with Gasteiger partial charge in [-0.2, -0.15) is 0 Å². The summed E-state index contributed by atoms with van der Waals surface area (Å²) in [6.07, 6.45) is 0.969. The van der Waals surface area contributed by atoms with E-state index in [0.29, 0.717) is 0 Å². The fourth-order valence-corrected chi connectivity index (χ4v) is 3.01. The van der Waals surface area contributed by atoms with Gasteiger partial charge in [0.2, 0.25) is 0 Å². The van der Waals surface area contributed by atoms with E-state index in [1.165, 1.54) is 22.3 Å². The highest BCUT2D eigenvalue weighted by molar-refractivity contribution is 9.10. The number of benzene rings is 2. The van der Waals surface area contributed by atoms with E-state index >= 15 is 0 Å².